The summed E-state index contributed by atoms with van der Waals surface area (Å²) in [6.45, 7) is 11.6. The molecule has 1 fully saturated rings. The van der Waals surface area contributed by atoms with Crippen molar-refractivity contribution in [1.29, 1.82) is 0 Å². The highest BCUT2D eigenvalue weighted by atomic mass is 16.6. The third-order valence-electron chi connectivity index (χ3n) is 4.96. The van der Waals surface area contributed by atoms with Gasteiger partial charge >= 0.3 is 6.09 Å². The van der Waals surface area contributed by atoms with Gasteiger partial charge in [0.25, 0.3) is 0 Å². The number of nitrogens with zero attached hydrogens (tertiary/aromatic N) is 2. The van der Waals surface area contributed by atoms with Gasteiger partial charge in [0.15, 0.2) is 0 Å². The Morgan fingerprint density at radius 3 is 2.06 bits per heavy atom. The summed E-state index contributed by atoms with van der Waals surface area (Å²) in [5.41, 5.74) is 1.57. The van der Waals surface area contributed by atoms with E-state index in [-0.39, 0.29) is 18.4 Å². The summed E-state index contributed by atoms with van der Waals surface area (Å²) < 4.78 is 11.0. The van der Waals surface area contributed by atoms with E-state index in [9.17, 15) is 14.4 Å². The molecule has 0 spiro atoms. The molecule has 1 aliphatic rings. The molecule has 0 aromatic heterocycles. The third-order valence-corrected chi connectivity index (χ3v) is 4.96. The number of para-hydroxylation sites is 1. The molecule has 3 amide bonds. The van der Waals surface area contributed by atoms with Crippen molar-refractivity contribution in [2.75, 3.05) is 39.3 Å². The number of aryl methyl sites for hydroxylation is 2. The second-order valence-corrected chi connectivity index (χ2v) is 8.79. The van der Waals surface area contributed by atoms with Crippen LogP contribution < -0.4 is 10.1 Å². The van der Waals surface area contributed by atoms with Gasteiger partial charge < -0.3 is 24.6 Å². The number of hydrogen-bond donors (Lipinski definition) is 1. The molecule has 172 valence electrons. The lowest BCUT2D eigenvalue weighted by Crippen LogP contribution is -2.52. The lowest BCUT2D eigenvalue weighted by Gasteiger charge is -2.35. The van der Waals surface area contributed by atoms with Gasteiger partial charge in [-0.15, -0.1) is 0 Å². The Bertz CT molecular complexity index is 760. The first-order valence-electron chi connectivity index (χ1n) is 10.8. The number of carbonyl (C=O) groups is 3. The molecule has 0 radical (unpaired) electrons. The normalized spacial score (nSPS) is 14.2. The Kier molecular flexibility index (Phi) is 8.71. The molecule has 1 aromatic rings. The molecule has 2 rings (SSSR count). The van der Waals surface area contributed by atoms with Gasteiger partial charge in [0.2, 0.25) is 11.8 Å². The standard InChI is InChI=1S/C23H35N3O5/c1-17-8-6-9-18(2)21(17)30-15-7-10-19(27)25-11-13-26(14-12-25)20(28)16-24-22(29)31-23(3,4)5/h6,8-9H,7,10-16H2,1-5H3,(H,24,29). The molecule has 1 aromatic carbocycles. The maximum atomic E-state index is 12.5. The van der Waals surface area contributed by atoms with Crippen molar-refractivity contribution < 1.29 is 23.9 Å². The molecule has 1 aliphatic heterocycles. The quantitative estimate of drug-likeness (QED) is 0.668. The van der Waals surface area contributed by atoms with Crippen molar-refractivity contribution in [1.82, 2.24) is 15.1 Å². The number of piperazine rings is 1. The van der Waals surface area contributed by atoms with Crippen molar-refractivity contribution >= 4 is 17.9 Å². The van der Waals surface area contributed by atoms with Crippen molar-refractivity contribution in [2.24, 2.45) is 0 Å². The molecule has 1 heterocycles. The highest BCUT2D eigenvalue weighted by Crippen LogP contribution is 2.22. The molecule has 31 heavy (non-hydrogen) atoms. The molecular formula is C23H35N3O5. The van der Waals surface area contributed by atoms with Crippen LogP contribution in [0, 0.1) is 13.8 Å². The lowest BCUT2D eigenvalue weighted by atomic mass is 10.1. The number of carbonyl (C=O) groups excluding carboxylic acids is 3. The second-order valence-electron chi connectivity index (χ2n) is 8.79. The summed E-state index contributed by atoms with van der Waals surface area (Å²) in [5, 5.41) is 2.48. The van der Waals surface area contributed by atoms with Crippen LogP contribution in [-0.2, 0) is 14.3 Å². The molecule has 8 heteroatoms. The van der Waals surface area contributed by atoms with Crippen LogP contribution in [0.5, 0.6) is 5.75 Å². The zero-order valence-electron chi connectivity index (χ0n) is 19.3. The summed E-state index contributed by atoms with van der Waals surface area (Å²) in [6, 6.07) is 6.02. The van der Waals surface area contributed by atoms with E-state index in [4.69, 9.17) is 9.47 Å². The summed E-state index contributed by atoms with van der Waals surface area (Å²) in [5.74, 6) is 0.783. The van der Waals surface area contributed by atoms with Gasteiger partial charge in [-0.25, -0.2) is 4.79 Å². The van der Waals surface area contributed by atoms with Crippen LogP contribution in [-0.4, -0.2) is 72.6 Å². The van der Waals surface area contributed by atoms with Gasteiger partial charge in [-0.2, -0.15) is 0 Å². The van der Waals surface area contributed by atoms with E-state index < -0.39 is 11.7 Å². The fourth-order valence-electron chi connectivity index (χ4n) is 3.36. The van der Waals surface area contributed by atoms with E-state index in [0.717, 1.165) is 16.9 Å². The van der Waals surface area contributed by atoms with Gasteiger partial charge in [0.1, 0.15) is 17.9 Å². The number of alkyl carbamates (subject to hydrolysis) is 1. The summed E-state index contributed by atoms with van der Waals surface area (Å²) in [4.78, 5) is 39.9. The van der Waals surface area contributed by atoms with Crippen molar-refractivity contribution in [3.8, 4) is 5.75 Å². The first-order chi connectivity index (χ1) is 14.6. The fourth-order valence-corrected chi connectivity index (χ4v) is 3.36. The summed E-state index contributed by atoms with van der Waals surface area (Å²) in [7, 11) is 0. The van der Waals surface area contributed by atoms with Gasteiger partial charge in [-0.1, -0.05) is 18.2 Å². The topological polar surface area (TPSA) is 88.2 Å². The average Bonchev–Trinajstić information content (AvgIpc) is 2.70. The number of benzene rings is 1. The Balaban J connectivity index is 1.65. The monoisotopic (exact) mass is 433 g/mol. The highest BCUT2D eigenvalue weighted by Gasteiger charge is 2.24. The maximum Gasteiger partial charge on any atom is 0.408 e. The lowest BCUT2D eigenvalue weighted by molar-refractivity contribution is -0.139. The average molecular weight is 434 g/mol. The van der Waals surface area contributed by atoms with Gasteiger partial charge in [0.05, 0.1) is 6.61 Å². The van der Waals surface area contributed by atoms with Crippen LogP contribution in [0.15, 0.2) is 18.2 Å². The smallest absolute Gasteiger partial charge is 0.408 e. The molecule has 8 nitrogen and oxygen atoms in total. The zero-order chi connectivity index (χ0) is 23.0. The second kappa shape index (κ2) is 11.0. The van der Waals surface area contributed by atoms with E-state index in [1.807, 2.05) is 32.0 Å². The van der Waals surface area contributed by atoms with Crippen LogP contribution in [0.1, 0.15) is 44.7 Å². The number of ether oxygens (including phenoxy) is 2. The first-order valence-corrected chi connectivity index (χ1v) is 10.8. The molecule has 0 atom stereocenters. The van der Waals surface area contributed by atoms with Crippen LogP contribution >= 0.6 is 0 Å². The molecule has 0 bridgehead atoms. The third kappa shape index (κ3) is 8.11. The van der Waals surface area contributed by atoms with E-state index in [0.29, 0.717) is 45.6 Å². The van der Waals surface area contributed by atoms with Crippen molar-refractivity contribution in [2.45, 2.75) is 53.1 Å². The number of amides is 3. The largest absolute Gasteiger partial charge is 0.493 e. The molecular weight excluding hydrogens is 398 g/mol. The van der Waals surface area contributed by atoms with E-state index in [2.05, 4.69) is 5.32 Å². The predicted octanol–water partition coefficient (Wildman–Crippen LogP) is 2.66. The van der Waals surface area contributed by atoms with E-state index in [1.165, 1.54) is 0 Å². The fraction of sp³-hybridized carbons (Fsp3) is 0.609. The van der Waals surface area contributed by atoms with Crippen LogP contribution in [0.3, 0.4) is 0 Å². The zero-order valence-corrected chi connectivity index (χ0v) is 19.3. The summed E-state index contributed by atoms with van der Waals surface area (Å²) >= 11 is 0. The highest BCUT2D eigenvalue weighted by molar-refractivity contribution is 5.83. The number of rotatable bonds is 7. The first kappa shape index (κ1) is 24.5. The minimum atomic E-state index is -0.613. The Morgan fingerprint density at radius 1 is 0.968 bits per heavy atom. The van der Waals surface area contributed by atoms with Crippen molar-refractivity contribution in [3.63, 3.8) is 0 Å². The van der Waals surface area contributed by atoms with Crippen LogP contribution in [0.4, 0.5) is 4.79 Å². The SMILES string of the molecule is Cc1cccc(C)c1OCCCC(=O)N1CCN(C(=O)CNC(=O)OC(C)(C)C)CC1. The van der Waals surface area contributed by atoms with Crippen molar-refractivity contribution in [3.05, 3.63) is 29.3 Å². The Hall–Kier alpha value is -2.77. The van der Waals surface area contributed by atoms with Crippen LogP contribution in [0.2, 0.25) is 0 Å². The van der Waals surface area contributed by atoms with Gasteiger partial charge in [0, 0.05) is 32.6 Å². The van der Waals surface area contributed by atoms with Crippen LogP contribution in [0.25, 0.3) is 0 Å². The van der Waals surface area contributed by atoms with Gasteiger partial charge in [-0.3, -0.25) is 9.59 Å². The molecule has 1 N–H and O–H groups in total. The predicted molar refractivity (Wildman–Crippen MR) is 118 cm³/mol. The number of hydrogen-bond acceptors (Lipinski definition) is 5. The number of nitrogens with one attached hydrogen (secondary N) is 1. The Labute approximate surface area is 184 Å². The van der Waals surface area contributed by atoms with E-state index >= 15 is 0 Å². The Morgan fingerprint density at radius 2 is 1.52 bits per heavy atom. The minimum absolute atomic E-state index is 0.0732. The minimum Gasteiger partial charge on any atom is -0.493 e. The molecule has 0 saturated carbocycles. The summed E-state index contributed by atoms with van der Waals surface area (Å²) in [6.07, 6.45) is 0.447. The van der Waals surface area contributed by atoms with E-state index in [1.54, 1.807) is 30.6 Å². The van der Waals surface area contributed by atoms with Gasteiger partial charge in [-0.05, 0) is 52.2 Å². The molecule has 1 saturated heterocycles. The maximum absolute atomic E-state index is 12.5. The molecule has 0 aliphatic carbocycles. The molecule has 0 unspecified atom stereocenters.